The van der Waals surface area contributed by atoms with Crippen molar-refractivity contribution in [1.82, 2.24) is 0 Å². The fraction of sp³-hybridized carbons (Fsp3) is 0.105. The molecule has 1 heterocycles. The van der Waals surface area contributed by atoms with Crippen LogP contribution in [0.5, 0.6) is 0 Å². The summed E-state index contributed by atoms with van der Waals surface area (Å²) in [5.74, 6) is 0. The van der Waals surface area contributed by atoms with Crippen LogP contribution in [0.1, 0.15) is 5.56 Å². The van der Waals surface area contributed by atoms with E-state index in [9.17, 15) is 15.4 Å². The van der Waals surface area contributed by atoms with E-state index in [4.69, 9.17) is 0 Å². The number of alkyl halides is 1. The standard InChI is InChI=1S/C19H13Br2N5O2S/c20-6-7-23-17-10-15(12-4-2-1-3-5-12)19(29-17)25-24-18-13(11-22)8-14(26(27)28)9-16(18)21/h1-5,8-10,23H,6-7H2. The zero-order chi connectivity index (χ0) is 20.8. The Morgan fingerprint density at radius 1 is 1.21 bits per heavy atom. The van der Waals surface area contributed by atoms with Crippen molar-refractivity contribution in [2.75, 3.05) is 17.2 Å². The number of non-ortho nitro benzene ring substituents is 1. The lowest BCUT2D eigenvalue weighted by molar-refractivity contribution is -0.384. The molecule has 1 aromatic heterocycles. The summed E-state index contributed by atoms with van der Waals surface area (Å²) in [6.07, 6.45) is 0. The van der Waals surface area contributed by atoms with Gasteiger partial charge < -0.3 is 5.32 Å². The fourth-order valence-corrected chi connectivity index (χ4v) is 4.16. The van der Waals surface area contributed by atoms with Gasteiger partial charge in [-0.15, -0.1) is 10.2 Å². The first-order valence-electron chi connectivity index (χ1n) is 8.32. The predicted octanol–water partition coefficient (Wildman–Crippen LogP) is 7.18. The number of azo groups is 1. The molecule has 0 atom stereocenters. The van der Waals surface area contributed by atoms with Crippen molar-refractivity contribution >= 4 is 64.6 Å². The molecule has 0 fully saturated rings. The summed E-state index contributed by atoms with van der Waals surface area (Å²) in [4.78, 5) is 10.5. The Bertz CT molecular complexity index is 1110. The van der Waals surface area contributed by atoms with E-state index in [1.165, 1.54) is 23.5 Å². The van der Waals surface area contributed by atoms with E-state index in [1.807, 2.05) is 42.5 Å². The Labute approximate surface area is 187 Å². The summed E-state index contributed by atoms with van der Waals surface area (Å²) in [6.45, 7) is 0.762. The zero-order valence-electron chi connectivity index (χ0n) is 14.8. The highest BCUT2D eigenvalue weighted by Gasteiger charge is 2.16. The molecule has 3 rings (SSSR count). The SMILES string of the molecule is N#Cc1cc([N+](=O)[O-])cc(Br)c1N=Nc1sc(NCCBr)cc1-c1ccccc1. The summed E-state index contributed by atoms with van der Waals surface area (Å²) >= 11 is 8.10. The molecule has 7 nitrogen and oxygen atoms in total. The minimum atomic E-state index is -0.554. The van der Waals surface area contributed by atoms with Gasteiger partial charge in [-0.1, -0.05) is 57.6 Å². The third-order valence-electron chi connectivity index (χ3n) is 3.81. The van der Waals surface area contributed by atoms with Gasteiger partial charge in [-0.25, -0.2) is 0 Å². The highest BCUT2D eigenvalue weighted by atomic mass is 79.9. The number of rotatable bonds is 7. The van der Waals surface area contributed by atoms with Crippen LogP contribution in [-0.2, 0) is 0 Å². The van der Waals surface area contributed by atoms with Gasteiger partial charge in [0.05, 0.1) is 20.0 Å². The maximum absolute atomic E-state index is 11.0. The van der Waals surface area contributed by atoms with Crippen molar-refractivity contribution in [3.8, 4) is 17.2 Å². The first kappa shape index (κ1) is 21.1. The van der Waals surface area contributed by atoms with E-state index < -0.39 is 4.92 Å². The lowest BCUT2D eigenvalue weighted by atomic mass is 10.1. The van der Waals surface area contributed by atoms with Crippen molar-refractivity contribution < 1.29 is 4.92 Å². The molecular weight excluding hydrogens is 522 g/mol. The van der Waals surface area contributed by atoms with Gasteiger partial charge in [0.25, 0.3) is 5.69 Å². The van der Waals surface area contributed by atoms with E-state index in [2.05, 4.69) is 47.4 Å². The van der Waals surface area contributed by atoms with Crippen molar-refractivity contribution in [1.29, 1.82) is 5.26 Å². The average Bonchev–Trinajstić information content (AvgIpc) is 3.14. The topological polar surface area (TPSA) is 104 Å². The summed E-state index contributed by atoms with van der Waals surface area (Å²) in [6, 6.07) is 16.2. The van der Waals surface area contributed by atoms with Gasteiger partial charge in [0.1, 0.15) is 16.8 Å². The third kappa shape index (κ3) is 5.06. The molecule has 0 saturated heterocycles. The number of hydrogen-bond acceptors (Lipinski definition) is 7. The van der Waals surface area contributed by atoms with Crippen molar-refractivity contribution in [3.05, 3.63) is 68.7 Å². The van der Waals surface area contributed by atoms with Crippen LogP contribution in [-0.4, -0.2) is 16.8 Å². The second kappa shape index (κ2) is 9.73. The Morgan fingerprint density at radius 3 is 2.62 bits per heavy atom. The number of hydrogen-bond donors (Lipinski definition) is 1. The minimum Gasteiger partial charge on any atom is -0.376 e. The second-order valence-electron chi connectivity index (χ2n) is 5.70. The van der Waals surface area contributed by atoms with Gasteiger partial charge in [-0.3, -0.25) is 10.1 Å². The first-order valence-corrected chi connectivity index (χ1v) is 11.1. The number of nitro benzene ring substituents is 1. The molecule has 146 valence electrons. The van der Waals surface area contributed by atoms with Crippen LogP contribution in [0.15, 0.2) is 63.2 Å². The molecule has 10 heteroatoms. The van der Waals surface area contributed by atoms with Crippen LogP contribution in [0, 0.1) is 21.4 Å². The van der Waals surface area contributed by atoms with Gasteiger partial charge >= 0.3 is 0 Å². The third-order valence-corrected chi connectivity index (χ3v) is 5.79. The van der Waals surface area contributed by atoms with Crippen LogP contribution in [0.25, 0.3) is 11.1 Å². The molecule has 0 saturated carbocycles. The average molecular weight is 535 g/mol. The molecule has 0 amide bonds. The maximum atomic E-state index is 11.0. The van der Waals surface area contributed by atoms with Crippen LogP contribution >= 0.6 is 43.2 Å². The Hall–Kier alpha value is -2.61. The van der Waals surface area contributed by atoms with Gasteiger partial charge in [-0.05, 0) is 27.6 Å². The number of halogens is 2. The van der Waals surface area contributed by atoms with E-state index in [0.717, 1.165) is 28.0 Å². The molecule has 1 N–H and O–H groups in total. The molecule has 2 aromatic carbocycles. The second-order valence-corrected chi connectivity index (χ2v) is 8.38. The number of anilines is 1. The lowest BCUT2D eigenvalue weighted by Gasteiger charge is -2.01. The predicted molar refractivity (Wildman–Crippen MR) is 122 cm³/mol. The highest BCUT2D eigenvalue weighted by molar-refractivity contribution is 9.10. The Morgan fingerprint density at radius 2 is 1.97 bits per heavy atom. The zero-order valence-corrected chi connectivity index (χ0v) is 18.8. The summed E-state index contributed by atoms with van der Waals surface area (Å²) in [7, 11) is 0. The smallest absolute Gasteiger partial charge is 0.272 e. The molecular formula is C19H13Br2N5O2S. The van der Waals surface area contributed by atoms with Gasteiger partial charge in [-0.2, -0.15) is 5.26 Å². The molecule has 0 aliphatic carbocycles. The van der Waals surface area contributed by atoms with Crippen molar-refractivity contribution in [2.24, 2.45) is 10.2 Å². The molecule has 0 aliphatic rings. The molecule has 0 bridgehead atoms. The summed E-state index contributed by atoms with van der Waals surface area (Å²) in [5.41, 5.74) is 2.04. The number of nitro groups is 1. The molecule has 0 spiro atoms. The molecule has 3 aromatic rings. The fourth-order valence-electron chi connectivity index (χ4n) is 2.51. The van der Waals surface area contributed by atoms with Crippen LogP contribution < -0.4 is 5.32 Å². The maximum Gasteiger partial charge on any atom is 0.272 e. The molecule has 0 aliphatic heterocycles. The Kier molecular flexibility index (Phi) is 7.09. The van der Waals surface area contributed by atoms with E-state index in [0.29, 0.717) is 9.47 Å². The van der Waals surface area contributed by atoms with Crippen LogP contribution in [0.4, 0.5) is 21.4 Å². The van der Waals surface area contributed by atoms with Gasteiger partial charge in [0.15, 0.2) is 0 Å². The molecule has 29 heavy (non-hydrogen) atoms. The van der Waals surface area contributed by atoms with E-state index in [1.54, 1.807) is 0 Å². The van der Waals surface area contributed by atoms with Crippen molar-refractivity contribution in [3.63, 3.8) is 0 Å². The minimum absolute atomic E-state index is 0.0743. The highest BCUT2D eigenvalue weighted by Crippen LogP contribution is 2.43. The van der Waals surface area contributed by atoms with E-state index >= 15 is 0 Å². The first-order chi connectivity index (χ1) is 14.0. The van der Waals surface area contributed by atoms with Crippen LogP contribution in [0.3, 0.4) is 0 Å². The lowest BCUT2D eigenvalue weighted by Crippen LogP contribution is -1.99. The number of nitrogens with one attached hydrogen (secondary N) is 1. The monoisotopic (exact) mass is 533 g/mol. The Balaban J connectivity index is 2.04. The number of nitriles is 1. The summed E-state index contributed by atoms with van der Waals surface area (Å²) < 4.78 is 0.336. The van der Waals surface area contributed by atoms with Gasteiger partial charge in [0.2, 0.25) is 0 Å². The molecule has 0 unspecified atom stereocenters. The number of thiophene rings is 1. The van der Waals surface area contributed by atoms with Crippen LogP contribution in [0.2, 0.25) is 0 Å². The van der Waals surface area contributed by atoms with E-state index in [-0.39, 0.29) is 16.9 Å². The van der Waals surface area contributed by atoms with Crippen molar-refractivity contribution in [2.45, 2.75) is 0 Å². The largest absolute Gasteiger partial charge is 0.376 e. The number of nitrogens with zero attached hydrogens (tertiary/aromatic N) is 4. The summed E-state index contributed by atoms with van der Waals surface area (Å²) in [5, 5.41) is 34.7. The quantitative estimate of drug-likeness (QED) is 0.150. The van der Waals surface area contributed by atoms with Gasteiger partial charge in [0, 0.05) is 29.6 Å². The normalized spacial score (nSPS) is 10.8. The molecule has 0 radical (unpaired) electrons. The number of benzene rings is 2.